The Bertz CT molecular complexity index is 653. The van der Waals surface area contributed by atoms with Gasteiger partial charge in [0.15, 0.2) is 0 Å². The second kappa shape index (κ2) is 10.1. The van der Waals surface area contributed by atoms with Crippen molar-refractivity contribution < 1.29 is 9.59 Å². The van der Waals surface area contributed by atoms with Crippen LogP contribution in [0.2, 0.25) is 0 Å². The summed E-state index contributed by atoms with van der Waals surface area (Å²) in [5, 5.41) is 6.45. The molecule has 1 aromatic rings. The molecular formula is C21H32ClN3O2. The molecule has 3 rings (SSSR count). The number of aryl methyl sites for hydroxylation is 1. The summed E-state index contributed by atoms with van der Waals surface area (Å²) in [7, 11) is 0. The Hall–Kier alpha value is -1.59. The van der Waals surface area contributed by atoms with Crippen LogP contribution in [-0.2, 0) is 4.79 Å². The number of carbonyl (C=O) groups is 2. The highest BCUT2D eigenvalue weighted by molar-refractivity contribution is 5.96. The van der Waals surface area contributed by atoms with Gasteiger partial charge < -0.3 is 15.5 Å². The molecule has 1 aromatic carbocycles. The van der Waals surface area contributed by atoms with Crippen molar-refractivity contribution in [2.75, 3.05) is 31.5 Å². The molecule has 2 saturated heterocycles. The quantitative estimate of drug-likeness (QED) is 0.803. The summed E-state index contributed by atoms with van der Waals surface area (Å²) in [5.41, 5.74) is 2.46. The van der Waals surface area contributed by atoms with Gasteiger partial charge in [-0.05, 0) is 81.3 Å². The summed E-state index contributed by atoms with van der Waals surface area (Å²) in [6.07, 6.45) is 5.12. The van der Waals surface area contributed by atoms with Gasteiger partial charge in [-0.15, -0.1) is 12.4 Å². The molecule has 0 spiro atoms. The monoisotopic (exact) mass is 393 g/mol. The van der Waals surface area contributed by atoms with Crippen molar-refractivity contribution in [2.45, 2.75) is 46.0 Å². The number of hydrogen-bond acceptors (Lipinski definition) is 3. The molecule has 2 unspecified atom stereocenters. The van der Waals surface area contributed by atoms with E-state index >= 15 is 0 Å². The first-order valence-corrected chi connectivity index (χ1v) is 9.95. The van der Waals surface area contributed by atoms with E-state index in [-0.39, 0.29) is 24.2 Å². The molecule has 0 bridgehead atoms. The van der Waals surface area contributed by atoms with E-state index in [4.69, 9.17) is 0 Å². The lowest BCUT2D eigenvalue weighted by Gasteiger charge is -2.28. The molecule has 2 heterocycles. The zero-order valence-corrected chi connectivity index (χ0v) is 17.2. The Balaban J connectivity index is 0.00000261. The summed E-state index contributed by atoms with van der Waals surface area (Å²) >= 11 is 0. The first-order chi connectivity index (χ1) is 12.5. The van der Waals surface area contributed by atoms with Gasteiger partial charge in [0.1, 0.15) is 0 Å². The van der Waals surface area contributed by atoms with E-state index in [1.165, 1.54) is 12.8 Å². The van der Waals surface area contributed by atoms with E-state index in [0.717, 1.165) is 50.3 Å². The highest BCUT2D eigenvalue weighted by atomic mass is 35.5. The van der Waals surface area contributed by atoms with Crippen LogP contribution in [0.1, 0.15) is 54.9 Å². The average Bonchev–Trinajstić information content (AvgIpc) is 3.18. The van der Waals surface area contributed by atoms with E-state index in [1.54, 1.807) is 0 Å². The van der Waals surface area contributed by atoms with Crippen LogP contribution in [-0.4, -0.2) is 42.9 Å². The second-order valence-electron chi connectivity index (χ2n) is 7.87. The maximum atomic E-state index is 12.5. The molecule has 2 atom stereocenters. The van der Waals surface area contributed by atoms with E-state index in [1.807, 2.05) is 30.0 Å². The van der Waals surface area contributed by atoms with Crippen LogP contribution in [0.4, 0.5) is 5.69 Å². The molecule has 27 heavy (non-hydrogen) atoms. The van der Waals surface area contributed by atoms with Crippen molar-refractivity contribution in [3.05, 3.63) is 29.3 Å². The molecule has 2 amide bonds. The number of piperidine rings is 1. The third-order valence-electron chi connectivity index (χ3n) is 5.79. The summed E-state index contributed by atoms with van der Waals surface area (Å²) in [6, 6.07) is 5.59. The molecule has 0 aliphatic carbocycles. The molecule has 0 aromatic heterocycles. The summed E-state index contributed by atoms with van der Waals surface area (Å²) < 4.78 is 0. The molecule has 0 radical (unpaired) electrons. The first-order valence-electron chi connectivity index (χ1n) is 9.95. The molecule has 2 aliphatic rings. The van der Waals surface area contributed by atoms with E-state index in [2.05, 4.69) is 17.6 Å². The molecule has 150 valence electrons. The van der Waals surface area contributed by atoms with E-state index in [0.29, 0.717) is 23.8 Å². The number of hydrogen-bond donors (Lipinski definition) is 2. The number of benzene rings is 1. The third kappa shape index (κ3) is 5.69. The van der Waals surface area contributed by atoms with Crippen molar-refractivity contribution in [3.8, 4) is 0 Å². The van der Waals surface area contributed by atoms with Crippen molar-refractivity contribution in [3.63, 3.8) is 0 Å². The molecule has 2 aliphatic heterocycles. The number of amides is 2. The van der Waals surface area contributed by atoms with Gasteiger partial charge in [-0.3, -0.25) is 9.59 Å². The average molecular weight is 394 g/mol. The van der Waals surface area contributed by atoms with Gasteiger partial charge in [-0.2, -0.15) is 0 Å². The third-order valence-corrected chi connectivity index (χ3v) is 5.79. The van der Waals surface area contributed by atoms with Gasteiger partial charge in [0.2, 0.25) is 5.91 Å². The lowest BCUT2D eigenvalue weighted by atomic mass is 9.85. The number of nitrogens with zero attached hydrogens (tertiary/aromatic N) is 1. The Labute approximate surface area is 168 Å². The number of nitrogens with one attached hydrogen (secondary N) is 2. The van der Waals surface area contributed by atoms with Crippen molar-refractivity contribution >= 4 is 29.9 Å². The minimum atomic E-state index is 0. The van der Waals surface area contributed by atoms with Crippen LogP contribution in [0.3, 0.4) is 0 Å². The zero-order chi connectivity index (χ0) is 18.5. The van der Waals surface area contributed by atoms with Gasteiger partial charge in [0, 0.05) is 30.8 Å². The van der Waals surface area contributed by atoms with Crippen molar-refractivity contribution in [1.29, 1.82) is 0 Å². The molecule has 2 N–H and O–H groups in total. The lowest BCUT2D eigenvalue weighted by Crippen LogP contribution is -2.34. The van der Waals surface area contributed by atoms with Gasteiger partial charge in [0.25, 0.3) is 5.91 Å². The summed E-state index contributed by atoms with van der Waals surface area (Å²) in [5.74, 6) is 1.11. The van der Waals surface area contributed by atoms with Crippen molar-refractivity contribution in [1.82, 2.24) is 10.2 Å². The smallest absolute Gasteiger partial charge is 0.253 e. The Morgan fingerprint density at radius 1 is 1.26 bits per heavy atom. The van der Waals surface area contributed by atoms with E-state index < -0.39 is 0 Å². The van der Waals surface area contributed by atoms with Crippen LogP contribution in [0.15, 0.2) is 18.2 Å². The number of rotatable bonds is 5. The van der Waals surface area contributed by atoms with E-state index in [9.17, 15) is 9.59 Å². The Morgan fingerprint density at radius 3 is 2.63 bits per heavy atom. The summed E-state index contributed by atoms with van der Waals surface area (Å²) in [6.45, 7) is 7.93. The highest BCUT2D eigenvalue weighted by Crippen LogP contribution is 2.24. The van der Waals surface area contributed by atoms with Gasteiger partial charge in [-0.25, -0.2) is 0 Å². The molecular weight excluding hydrogens is 362 g/mol. The standard InChI is InChI=1S/C21H31N3O2.ClH/c1-15(18-6-5-9-22-14-18)13-20(25)23-19-8-7-17(12-16(19)2)21(26)24-10-3-4-11-24;/h7-8,12,15,18,22H,3-6,9-11,13-14H2,1-2H3,(H,23,25);1H. The first kappa shape index (κ1) is 21.7. The van der Waals surface area contributed by atoms with Gasteiger partial charge in [-0.1, -0.05) is 6.92 Å². The minimum absolute atomic E-state index is 0. The van der Waals surface area contributed by atoms with Gasteiger partial charge in [0.05, 0.1) is 0 Å². The Morgan fingerprint density at radius 2 is 2.00 bits per heavy atom. The highest BCUT2D eigenvalue weighted by Gasteiger charge is 2.23. The molecule has 2 fully saturated rings. The number of carbonyl (C=O) groups excluding carboxylic acids is 2. The molecule has 0 saturated carbocycles. The van der Waals surface area contributed by atoms with Crippen LogP contribution in [0.5, 0.6) is 0 Å². The number of halogens is 1. The fraction of sp³-hybridized carbons (Fsp3) is 0.619. The normalized spacial score (nSPS) is 20.7. The maximum absolute atomic E-state index is 12.5. The predicted octanol–water partition coefficient (Wildman–Crippen LogP) is 3.62. The minimum Gasteiger partial charge on any atom is -0.339 e. The maximum Gasteiger partial charge on any atom is 0.253 e. The SMILES string of the molecule is Cc1cc(C(=O)N2CCCC2)ccc1NC(=O)CC(C)C1CCCNC1.Cl. The van der Waals surface area contributed by atoms with Gasteiger partial charge >= 0.3 is 0 Å². The zero-order valence-electron chi connectivity index (χ0n) is 16.4. The second-order valence-corrected chi connectivity index (χ2v) is 7.87. The predicted molar refractivity (Wildman–Crippen MR) is 112 cm³/mol. The van der Waals surface area contributed by atoms with Crippen LogP contribution < -0.4 is 10.6 Å². The lowest BCUT2D eigenvalue weighted by molar-refractivity contribution is -0.117. The fourth-order valence-corrected chi connectivity index (χ4v) is 4.06. The molecule has 6 heteroatoms. The largest absolute Gasteiger partial charge is 0.339 e. The topological polar surface area (TPSA) is 61.4 Å². The fourth-order valence-electron chi connectivity index (χ4n) is 4.06. The number of likely N-dealkylation sites (tertiary alicyclic amines) is 1. The van der Waals surface area contributed by atoms with Crippen LogP contribution in [0, 0.1) is 18.8 Å². The van der Waals surface area contributed by atoms with Crippen LogP contribution in [0.25, 0.3) is 0 Å². The van der Waals surface area contributed by atoms with Crippen molar-refractivity contribution in [2.24, 2.45) is 11.8 Å². The molecule has 5 nitrogen and oxygen atoms in total. The number of anilines is 1. The Kier molecular flexibility index (Phi) is 8.11. The summed E-state index contributed by atoms with van der Waals surface area (Å²) in [4.78, 5) is 26.8. The van der Waals surface area contributed by atoms with Crippen LogP contribution >= 0.6 is 12.4 Å².